The number of rotatable bonds is 5. The first-order valence-corrected chi connectivity index (χ1v) is 13.2. The van der Waals surface area contributed by atoms with Gasteiger partial charge in [0.25, 0.3) is 10.0 Å². The molecule has 170 valence electrons. The van der Waals surface area contributed by atoms with Crippen LogP contribution in [0.5, 0.6) is 0 Å². The molecule has 7 nitrogen and oxygen atoms in total. The van der Waals surface area contributed by atoms with Crippen LogP contribution in [0.2, 0.25) is 0 Å². The highest BCUT2D eigenvalue weighted by Crippen LogP contribution is 2.35. The van der Waals surface area contributed by atoms with Crippen LogP contribution >= 0.6 is 11.8 Å². The summed E-state index contributed by atoms with van der Waals surface area (Å²) in [4.78, 5) is 28.0. The van der Waals surface area contributed by atoms with E-state index in [-0.39, 0.29) is 23.1 Å². The minimum Gasteiger partial charge on any atom is -0.343 e. The summed E-state index contributed by atoms with van der Waals surface area (Å²) in [6.45, 7) is 5.26. The monoisotopic (exact) mass is 473 g/mol. The number of likely N-dealkylation sites (tertiary alicyclic amines) is 1. The lowest BCUT2D eigenvalue weighted by Gasteiger charge is -2.18. The fourth-order valence-corrected chi connectivity index (χ4v) is 6.14. The number of carbonyl (C=O) groups is 2. The third-order valence-corrected chi connectivity index (χ3v) is 8.45. The molecule has 1 atom stereocenters. The number of nitrogens with zero attached hydrogens (tertiary/aromatic N) is 1. The van der Waals surface area contributed by atoms with Crippen LogP contribution in [0.4, 0.5) is 11.4 Å². The molecule has 0 bridgehead atoms. The fraction of sp³-hybridized carbons (Fsp3) is 0.391. The summed E-state index contributed by atoms with van der Waals surface area (Å²) in [6, 6.07) is 10.3. The second-order valence-electron chi connectivity index (χ2n) is 8.37. The van der Waals surface area contributed by atoms with Crippen LogP contribution in [0.15, 0.2) is 46.2 Å². The first kappa shape index (κ1) is 22.7. The smallest absolute Gasteiger partial charge is 0.261 e. The average molecular weight is 474 g/mol. The molecule has 9 heteroatoms. The molecular weight excluding hydrogens is 446 g/mol. The average Bonchev–Trinajstić information content (AvgIpc) is 3.24. The van der Waals surface area contributed by atoms with E-state index in [1.165, 1.54) is 17.8 Å². The summed E-state index contributed by atoms with van der Waals surface area (Å²) in [7, 11) is -3.83. The highest BCUT2D eigenvalue weighted by Gasteiger charge is 2.30. The predicted octanol–water partition coefficient (Wildman–Crippen LogP) is 3.78. The van der Waals surface area contributed by atoms with E-state index in [4.69, 9.17) is 0 Å². The van der Waals surface area contributed by atoms with Crippen LogP contribution in [0, 0.1) is 19.8 Å². The molecular formula is C23H27N3O4S2. The summed E-state index contributed by atoms with van der Waals surface area (Å²) >= 11 is 1.46. The minimum absolute atomic E-state index is 0.00944. The first-order chi connectivity index (χ1) is 15.2. The normalized spacial score (nSPS) is 18.6. The molecule has 2 heterocycles. The Morgan fingerprint density at radius 1 is 1.16 bits per heavy atom. The van der Waals surface area contributed by atoms with Gasteiger partial charge in [-0.1, -0.05) is 12.1 Å². The number of nitrogens with one attached hydrogen (secondary N) is 2. The molecule has 2 aliphatic heterocycles. The standard InChI is InChI=1S/C23H27N3O4S2/c1-15-5-6-16(2)19(11-15)25-32(29,30)18-7-8-21-20(13-18)24-23(28)17(14-31-21)12-22(27)26-9-3-4-10-26/h5-8,11,13,17,25H,3-4,9-10,12,14H2,1-2H3,(H,24,28). The number of aryl methyl sites for hydroxylation is 2. The first-order valence-electron chi connectivity index (χ1n) is 10.7. The molecule has 1 saturated heterocycles. The van der Waals surface area contributed by atoms with Crippen molar-refractivity contribution in [3.8, 4) is 0 Å². The largest absolute Gasteiger partial charge is 0.343 e. The van der Waals surface area contributed by atoms with Crippen molar-refractivity contribution in [1.29, 1.82) is 0 Å². The Labute approximate surface area is 193 Å². The van der Waals surface area contributed by atoms with E-state index in [0.29, 0.717) is 17.1 Å². The topological polar surface area (TPSA) is 95.6 Å². The lowest BCUT2D eigenvalue weighted by molar-refractivity contribution is -0.133. The van der Waals surface area contributed by atoms with Gasteiger partial charge in [-0.25, -0.2) is 8.42 Å². The van der Waals surface area contributed by atoms with Crippen LogP contribution in [-0.4, -0.2) is 44.0 Å². The van der Waals surface area contributed by atoms with Gasteiger partial charge in [-0.3, -0.25) is 14.3 Å². The summed E-state index contributed by atoms with van der Waals surface area (Å²) < 4.78 is 28.6. The maximum atomic E-state index is 13.0. The zero-order valence-electron chi connectivity index (χ0n) is 18.2. The van der Waals surface area contributed by atoms with E-state index in [1.54, 1.807) is 18.2 Å². The Morgan fingerprint density at radius 2 is 1.91 bits per heavy atom. The van der Waals surface area contributed by atoms with Crippen molar-refractivity contribution in [2.24, 2.45) is 5.92 Å². The Bertz CT molecular complexity index is 1160. The van der Waals surface area contributed by atoms with E-state index in [9.17, 15) is 18.0 Å². The second kappa shape index (κ2) is 9.15. The molecule has 0 radical (unpaired) electrons. The number of anilines is 2. The van der Waals surface area contributed by atoms with E-state index in [0.717, 1.165) is 42.0 Å². The molecule has 2 amide bonds. The number of hydrogen-bond acceptors (Lipinski definition) is 5. The number of benzene rings is 2. The van der Waals surface area contributed by atoms with Crippen molar-refractivity contribution < 1.29 is 18.0 Å². The second-order valence-corrected chi connectivity index (χ2v) is 11.1. The van der Waals surface area contributed by atoms with Crippen LogP contribution in [-0.2, 0) is 19.6 Å². The zero-order valence-corrected chi connectivity index (χ0v) is 19.8. The van der Waals surface area contributed by atoms with Crippen LogP contribution in [0.3, 0.4) is 0 Å². The Balaban J connectivity index is 1.51. The molecule has 0 saturated carbocycles. The van der Waals surface area contributed by atoms with Gasteiger partial charge in [0.15, 0.2) is 0 Å². The van der Waals surface area contributed by atoms with Gasteiger partial charge < -0.3 is 10.2 Å². The quantitative estimate of drug-likeness (QED) is 0.689. The predicted molar refractivity (Wildman–Crippen MR) is 126 cm³/mol. The maximum absolute atomic E-state index is 13.0. The number of amides is 2. The van der Waals surface area contributed by atoms with Crippen molar-refractivity contribution in [2.45, 2.75) is 42.9 Å². The lowest BCUT2D eigenvalue weighted by Crippen LogP contribution is -2.33. The van der Waals surface area contributed by atoms with Crippen molar-refractivity contribution in [2.75, 3.05) is 28.9 Å². The van der Waals surface area contributed by atoms with Crippen molar-refractivity contribution >= 4 is 45.0 Å². The molecule has 2 N–H and O–H groups in total. The Morgan fingerprint density at radius 3 is 2.66 bits per heavy atom. The zero-order chi connectivity index (χ0) is 22.9. The molecule has 2 aromatic rings. The van der Waals surface area contributed by atoms with Gasteiger partial charge in [-0.2, -0.15) is 0 Å². The Kier molecular flexibility index (Phi) is 6.48. The van der Waals surface area contributed by atoms with Gasteiger partial charge in [0.05, 0.1) is 22.2 Å². The molecule has 1 fully saturated rings. The van der Waals surface area contributed by atoms with Gasteiger partial charge in [-0.15, -0.1) is 11.8 Å². The Hall–Kier alpha value is -2.52. The van der Waals surface area contributed by atoms with Crippen LogP contribution in [0.25, 0.3) is 0 Å². The number of sulfonamides is 1. The van der Waals surface area contributed by atoms with Gasteiger partial charge in [0.2, 0.25) is 11.8 Å². The third-order valence-electron chi connectivity index (χ3n) is 5.85. The number of thioether (sulfide) groups is 1. The minimum atomic E-state index is -3.83. The molecule has 1 unspecified atom stereocenters. The summed E-state index contributed by atoms with van der Waals surface area (Å²) in [5.74, 6) is -0.213. The van der Waals surface area contributed by atoms with E-state index < -0.39 is 15.9 Å². The number of fused-ring (bicyclic) bond motifs is 1. The van der Waals surface area contributed by atoms with Gasteiger partial charge >= 0.3 is 0 Å². The number of carbonyl (C=O) groups excluding carboxylic acids is 2. The van der Waals surface area contributed by atoms with Crippen molar-refractivity contribution in [3.63, 3.8) is 0 Å². The van der Waals surface area contributed by atoms with Gasteiger partial charge in [-0.05, 0) is 62.1 Å². The lowest BCUT2D eigenvalue weighted by atomic mass is 10.1. The fourth-order valence-electron chi connectivity index (χ4n) is 3.91. The summed E-state index contributed by atoms with van der Waals surface area (Å²) in [5.41, 5.74) is 2.76. The SMILES string of the molecule is Cc1ccc(C)c(NS(=O)(=O)c2ccc3c(c2)NC(=O)C(CC(=O)N2CCCC2)CS3)c1. The van der Waals surface area contributed by atoms with Crippen molar-refractivity contribution in [1.82, 2.24) is 4.90 Å². The maximum Gasteiger partial charge on any atom is 0.261 e. The molecule has 0 spiro atoms. The molecule has 2 aliphatic rings. The summed E-state index contributed by atoms with van der Waals surface area (Å²) in [5, 5.41) is 2.84. The molecule has 0 aliphatic carbocycles. The summed E-state index contributed by atoms with van der Waals surface area (Å²) in [6.07, 6.45) is 2.19. The highest BCUT2D eigenvalue weighted by molar-refractivity contribution is 7.99. The third kappa shape index (κ3) is 4.94. The molecule has 4 rings (SSSR count). The van der Waals surface area contributed by atoms with Crippen LogP contribution < -0.4 is 10.0 Å². The van der Waals surface area contributed by atoms with E-state index in [2.05, 4.69) is 10.0 Å². The molecule has 0 aromatic heterocycles. The molecule has 32 heavy (non-hydrogen) atoms. The van der Waals surface area contributed by atoms with Crippen molar-refractivity contribution in [3.05, 3.63) is 47.5 Å². The van der Waals surface area contributed by atoms with E-state index in [1.807, 2.05) is 30.9 Å². The van der Waals surface area contributed by atoms with Gasteiger partial charge in [0, 0.05) is 30.2 Å². The highest BCUT2D eigenvalue weighted by atomic mass is 32.2. The van der Waals surface area contributed by atoms with Gasteiger partial charge in [0.1, 0.15) is 0 Å². The molecule has 2 aromatic carbocycles. The number of hydrogen-bond donors (Lipinski definition) is 2. The van der Waals surface area contributed by atoms with Crippen LogP contribution in [0.1, 0.15) is 30.4 Å². The van der Waals surface area contributed by atoms with E-state index >= 15 is 0 Å².